The molecule has 1 unspecified atom stereocenters. The van der Waals surface area contributed by atoms with Crippen molar-refractivity contribution in [2.75, 3.05) is 5.75 Å². The van der Waals surface area contributed by atoms with E-state index >= 15 is 0 Å². The van der Waals surface area contributed by atoms with Gasteiger partial charge in [0.1, 0.15) is 5.82 Å². The minimum atomic E-state index is -0.206. The number of hydrogen-bond acceptors (Lipinski definition) is 6. The molecule has 0 bridgehead atoms. The molecular formula is C28H28N6O2S. The molecule has 0 saturated heterocycles. The summed E-state index contributed by atoms with van der Waals surface area (Å²) in [7, 11) is 0. The van der Waals surface area contributed by atoms with E-state index in [1.807, 2.05) is 60.7 Å². The van der Waals surface area contributed by atoms with Crippen molar-refractivity contribution in [1.82, 2.24) is 25.5 Å². The Labute approximate surface area is 220 Å². The summed E-state index contributed by atoms with van der Waals surface area (Å²) in [5.74, 6) is 0.307. The fourth-order valence-corrected chi connectivity index (χ4v) is 4.42. The summed E-state index contributed by atoms with van der Waals surface area (Å²) < 4.78 is 0. The van der Waals surface area contributed by atoms with Gasteiger partial charge in [-0.2, -0.15) is 5.10 Å². The van der Waals surface area contributed by atoms with Gasteiger partial charge in [-0.3, -0.25) is 14.7 Å². The lowest BCUT2D eigenvalue weighted by molar-refractivity contribution is -0.130. The second-order valence-corrected chi connectivity index (χ2v) is 9.23. The summed E-state index contributed by atoms with van der Waals surface area (Å²) in [6, 6.07) is 19.7. The number of nitrogens with zero attached hydrogens (tertiary/aromatic N) is 4. The normalized spacial score (nSPS) is 15.6. The molecule has 0 fully saturated rings. The molecule has 1 aromatic heterocycles. The number of rotatable bonds is 10. The van der Waals surface area contributed by atoms with E-state index in [0.29, 0.717) is 23.0 Å². The number of aromatic nitrogens is 3. The van der Waals surface area contributed by atoms with Crippen molar-refractivity contribution in [2.45, 2.75) is 31.1 Å². The first-order valence-corrected chi connectivity index (χ1v) is 12.8. The number of hydrazone groups is 1. The van der Waals surface area contributed by atoms with Crippen LogP contribution >= 0.6 is 11.8 Å². The molecule has 188 valence electrons. The molecule has 2 N–H and O–H groups in total. The molecule has 2 amide bonds. The lowest BCUT2D eigenvalue weighted by Gasteiger charge is -2.21. The van der Waals surface area contributed by atoms with E-state index in [9.17, 15) is 9.59 Å². The number of hydrogen-bond donors (Lipinski definition) is 2. The van der Waals surface area contributed by atoms with Crippen molar-refractivity contribution in [1.29, 1.82) is 0 Å². The number of amides is 2. The summed E-state index contributed by atoms with van der Waals surface area (Å²) in [6.45, 7) is 5.52. The first-order chi connectivity index (χ1) is 18.0. The van der Waals surface area contributed by atoms with Crippen LogP contribution < -0.4 is 5.32 Å². The topological polar surface area (TPSA) is 103 Å². The van der Waals surface area contributed by atoms with E-state index < -0.39 is 0 Å². The van der Waals surface area contributed by atoms with Gasteiger partial charge in [0, 0.05) is 12.0 Å². The fraction of sp³-hybridized carbons (Fsp3) is 0.179. The lowest BCUT2D eigenvalue weighted by atomic mass is 9.98. The number of thioether (sulfide) groups is 1. The zero-order valence-electron chi connectivity index (χ0n) is 20.5. The van der Waals surface area contributed by atoms with Crippen LogP contribution in [0.25, 0.3) is 0 Å². The van der Waals surface area contributed by atoms with Gasteiger partial charge >= 0.3 is 0 Å². The summed E-state index contributed by atoms with van der Waals surface area (Å²) in [4.78, 5) is 29.8. The highest BCUT2D eigenvalue weighted by Gasteiger charge is 2.33. The van der Waals surface area contributed by atoms with Gasteiger partial charge in [-0.25, -0.2) is 9.99 Å². The predicted molar refractivity (Wildman–Crippen MR) is 146 cm³/mol. The van der Waals surface area contributed by atoms with Gasteiger partial charge < -0.3 is 5.32 Å². The molecule has 2 heterocycles. The molecule has 0 radical (unpaired) electrons. The number of nitrogens with one attached hydrogen (secondary N) is 2. The molecule has 1 aliphatic heterocycles. The minimum Gasteiger partial charge on any atom is -0.345 e. The number of carbonyl (C=O) groups excluding carboxylic acids is 2. The minimum absolute atomic E-state index is 0.127. The Kier molecular flexibility index (Phi) is 8.83. The van der Waals surface area contributed by atoms with Crippen LogP contribution in [-0.4, -0.2) is 43.5 Å². The smallest absolute Gasteiger partial charge is 0.253 e. The molecule has 8 nitrogen and oxygen atoms in total. The Morgan fingerprint density at radius 1 is 1.14 bits per heavy atom. The Morgan fingerprint density at radius 2 is 1.86 bits per heavy atom. The SMILES string of the molecule is C=C/C=C\C=C(/C)C(=O)NCc1nc(SCC(=O)N2N=C(c3ccccc3)CC2c2ccccc2)n[nH]1. The van der Waals surface area contributed by atoms with Crippen LogP contribution in [0.3, 0.4) is 0 Å². The van der Waals surface area contributed by atoms with Gasteiger partial charge in [0.15, 0.2) is 0 Å². The summed E-state index contributed by atoms with van der Waals surface area (Å²) in [5, 5.41) is 16.5. The molecular weight excluding hydrogens is 484 g/mol. The van der Waals surface area contributed by atoms with Crippen molar-refractivity contribution >= 4 is 29.3 Å². The Hall–Kier alpha value is -4.24. The number of aromatic amines is 1. The van der Waals surface area contributed by atoms with E-state index in [1.165, 1.54) is 11.8 Å². The molecule has 3 aromatic rings. The standard InChI is InChI=1S/C28H28N6O2S/c1-3-4-7-12-20(2)27(36)29-18-25-30-28(32-31-25)37-19-26(35)34-24(22-15-10-6-11-16-22)17-23(33-34)21-13-8-5-9-14-21/h3-16,24H,1,17-19H2,2H3,(H,29,36)(H,30,31,32)/b7-4-,20-12+. The molecule has 1 aliphatic rings. The van der Waals surface area contributed by atoms with Crippen molar-refractivity contribution in [3.05, 3.63) is 114 Å². The number of carbonyl (C=O) groups is 2. The maximum absolute atomic E-state index is 13.2. The number of allylic oxidation sites excluding steroid dienone is 4. The maximum atomic E-state index is 13.2. The second kappa shape index (κ2) is 12.6. The van der Waals surface area contributed by atoms with Crippen molar-refractivity contribution in [2.24, 2.45) is 5.10 Å². The first kappa shape index (κ1) is 25.8. The summed E-state index contributed by atoms with van der Waals surface area (Å²) in [6.07, 6.45) is 7.48. The third-order valence-electron chi connectivity index (χ3n) is 5.66. The van der Waals surface area contributed by atoms with E-state index in [-0.39, 0.29) is 30.2 Å². The lowest BCUT2D eigenvalue weighted by Crippen LogP contribution is -2.28. The van der Waals surface area contributed by atoms with Gasteiger partial charge in [-0.15, -0.1) is 5.10 Å². The third kappa shape index (κ3) is 6.92. The van der Waals surface area contributed by atoms with Crippen LogP contribution in [0.1, 0.15) is 36.3 Å². The van der Waals surface area contributed by atoms with E-state index in [0.717, 1.165) is 16.8 Å². The second-order valence-electron chi connectivity index (χ2n) is 8.29. The zero-order valence-corrected chi connectivity index (χ0v) is 21.3. The highest BCUT2D eigenvalue weighted by atomic mass is 32.2. The van der Waals surface area contributed by atoms with Crippen LogP contribution in [0.5, 0.6) is 0 Å². The molecule has 1 atom stereocenters. The van der Waals surface area contributed by atoms with E-state index in [2.05, 4.69) is 27.1 Å². The van der Waals surface area contributed by atoms with Crippen LogP contribution in [0.4, 0.5) is 0 Å². The van der Waals surface area contributed by atoms with Gasteiger partial charge in [-0.1, -0.05) is 103 Å². The Balaban J connectivity index is 1.37. The van der Waals surface area contributed by atoms with Gasteiger partial charge in [0.2, 0.25) is 11.1 Å². The average molecular weight is 513 g/mol. The summed E-state index contributed by atoms with van der Waals surface area (Å²) >= 11 is 1.23. The molecule has 0 saturated carbocycles. The van der Waals surface area contributed by atoms with Gasteiger partial charge in [-0.05, 0) is 18.1 Å². The zero-order chi connectivity index (χ0) is 26.0. The molecule has 9 heteroatoms. The molecule has 0 aliphatic carbocycles. The van der Waals surface area contributed by atoms with Crippen molar-refractivity contribution < 1.29 is 9.59 Å². The number of H-pyrrole nitrogens is 1. The highest BCUT2D eigenvalue weighted by molar-refractivity contribution is 7.99. The van der Waals surface area contributed by atoms with Gasteiger partial charge in [0.25, 0.3) is 5.91 Å². The molecule has 37 heavy (non-hydrogen) atoms. The Bertz CT molecular complexity index is 1330. The van der Waals surface area contributed by atoms with E-state index in [4.69, 9.17) is 5.10 Å². The quantitative estimate of drug-likeness (QED) is 0.235. The number of benzene rings is 2. The van der Waals surface area contributed by atoms with Gasteiger partial charge in [0.05, 0.1) is 24.1 Å². The van der Waals surface area contributed by atoms with Crippen LogP contribution in [0.15, 0.2) is 107 Å². The van der Waals surface area contributed by atoms with Crippen LogP contribution in [-0.2, 0) is 16.1 Å². The maximum Gasteiger partial charge on any atom is 0.253 e. The third-order valence-corrected chi connectivity index (χ3v) is 6.49. The van der Waals surface area contributed by atoms with Crippen LogP contribution in [0, 0.1) is 0 Å². The van der Waals surface area contributed by atoms with Crippen molar-refractivity contribution in [3.63, 3.8) is 0 Å². The highest BCUT2D eigenvalue weighted by Crippen LogP contribution is 2.33. The monoisotopic (exact) mass is 512 g/mol. The fourth-order valence-electron chi connectivity index (χ4n) is 3.75. The van der Waals surface area contributed by atoms with E-state index in [1.54, 1.807) is 36.2 Å². The first-order valence-electron chi connectivity index (χ1n) is 11.8. The Morgan fingerprint density at radius 3 is 2.59 bits per heavy atom. The average Bonchev–Trinajstić information content (AvgIpc) is 3.59. The summed E-state index contributed by atoms with van der Waals surface area (Å²) in [5.41, 5.74) is 3.49. The van der Waals surface area contributed by atoms with Crippen molar-refractivity contribution in [3.8, 4) is 0 Å². The molecule has 4 rings (SSSR count). The molecule has 0 spiro atoms. The largest absolute Gasteiger partial charge is 0.345 e. The van der Waals surface area contributed by atoms with Crippen LogP contribution in [0.2, 0.25) is 0 Å². The molecule has 2 aromatic carbocycles. The predicted octanol–water partition coefficient (Wildman–Crippen LogP) is 4.58.